The average Bonchev–Trinajstić information content (AvgIpc) is 3.47. The van der Waals surface area contributed by atoms with Crippen LogP contribution in [0, 0.1) is 17.8 Å². The van der Waals surface area contributed by atoms with E-state index in [0.717, 1.165) is 19.3 Å². The second kappa shape index (κ2) is 11.7. The minimum Gasteiger partial charge on any atom is -0.461 e. The van der Waals surface area contributed by atoms with E-state index in [4.69, 9.17) is 9.47 Å². The zero-order valence-corrected chi connectivity index (χ0v) is 21.5. The molecule has 8 heteroatoms. The first-order valence-corrected chi connectivity index (χ1v) is 13.0. The third kappa shape index (κ3) is 5.05. The molecule has 1 N–H and O–H groups in total. The molecule has 0 aromatic heterocycles. The summed E-state index contributed by atoms with van der Waals surface area (Å²) in [7, 11) is 0. The molecule has 0 radical (unpaired) electrons. The molecule has 3 heterocycles. The van der Waals surface area contributed by atoms with Gasteiger partial charge in [-0.3, -0.25) is 14.4 Å². The Balaban J connectivity index is 2.03. The molecular formula is C27H42N2O6. The Morgan fingerprint density at radius 1 is 1.31 bits per heavy atom. The number of unbranched alkanes of at least 4 members (excludes halogenated alkanes) is 2. The van der Waals surface area contributed by atoms with Gasteiger partial charge in [0.25, 0.3) is 0 Å². The Bertz CT molecular complexity index is 813. The summed E-state index contributed by atoms with van der Waals surface area (Å²) in [4.78, 5) is 44.5. The first-order valence-electron chi connectivity index (χ1n) is 13.0. The van der Waals surface area contributed by atoms with E-state index in [0.29, 0.717) is 32.4 Å². The number of esters is 1. The fourth-order valence-corrected chi connectivity index (χ4v) is 6.26. The molecule has 2 amide bonds. The highest BCUT2D eigenvalue weighted by Gasteiger charge is 2.75. The van der Waals surface area contributed by atoms with Crippen LogP contribution in [0.5, 0.6) is 0 Å². The zero-order valence-electron chi connectivity index (χ0n) is 21.5. The van der Waals surface area contributed by atoms with Crippen LogP contribution in [0.1, 0.15) is 59.3 Å². The lowest BCUT2D eigenvalue weighted by Crippen LogP contribution is -2.59. The molecule has 2 bridgehead atoms. The lowest BCUT2D eigenvalue weighted by atomic mass is 9.70. The molecule has 0 saturated carbocycles. The number of aliphatic hydroxyl groups is 1. The van der Waals surface area contributed by atoms with Gasteiger partial charge >= 0.3 is 5.97 Å². The average molecular weight is 491 g/mol. The third-order valence-electron chi connectivity index (χ3n) is 7.63. The second-order valence-corrected chi connectivity index (χ2v) is 10.5. The van der Waals surface area contributed by atoms with Gasteiger partial charge in [0.15, 0.2) is 0 Å². The highest BCUT2D eigenvalue weighted by Crippen LogP contribution is 2.59. The van der Waals surface area contributed by atoms with Gasteiger partial charge in [0.2, 0.25) is 11.8 Å². The Kier molecular flexibility index (Phi) is 9.16. The predicted molar refractivity (Wildman–Crippen MR) is 132 cm³/mol. The number of hydrogen-bond acceptors (Lipinski definition) is 6. The number of ether oxygens (including phenoxy) is 2. The van der Waals surface area contributed by atoms with E-state index in [9.17, 15) is 19.5 Å². The number of aliphatic hydroxyl groups excluding tert-OH is 1. The van der Waals surface area contributed by atoms with Crippen molar-refractivity contribution in [3.8, 4) is 0 Å². The third-order valence-corrected chi connectivity index (χ3v) is 7.63. The number of carbonyl (C=O) groups is 3. The Hall–Kier alpha value is -2.19. The predicted octanol–water partition coefficient (Wildman–Crippen LogP) is 2.70. The highest BCUT2D eigenvalue weighted by atomic mass is 16.6. The number of amides is 2. The van der Waals surface area contributed by atoms with Crippen molar-refractivity contribution in [2.75, 3.05) is 26.3 Å². The first-order chi connectivity index (χ1) is 16.8. The van der Waals surface area contributed by atoms with Crippen molar-refractivity contribution in [2.45, 2.75) is 83.1 Å². The molecule has 35 heavy (non-hydrogen) atoms. The van der Waals surface area contributed by atoms with Crippen molar-refractivity contribution in [3.05, 3.63) is 25.3 Å². The van der Waals surface area contributed by atoms with Crippen LogP contribution in [0.4, 0.5) is 0 Å². The molecule has 8 nitrogen and oxygen atoms in total. The molecule has 6 atom stereocenters. The van der Waals surface area contributed by atoms with Crippen LogP contribution in [0.15, 0.2) is 25.3 Å². The van der Waals surface area contributed by atoms with Crippen LogP contribution >= 0.6 is 0 Å². The van der Waals surface area contributed by atoms with Crippen molar-refractivity contribution in [3.63, 3.8) is 0 Å². The molecule has 2 unspecified atom stereocenters. The van der Waals surface area contributed by atoms with Crippen LogP contribution in [0.25, 0.3) is 0 Å². The van der Waals surface area contributed by atoms with Crippen LogP contribution in [0.3, 0.4) is 0 Å². The zero-order chi connectivity index (χ0) is 25.8. The van der Waals surface area contributed by atoms with Crippen molar-refractivity contribution >= 4 is 17.8 Å². The van der Waals surface area contributed by atoms with Crippen molar-refractivity contribution in [1.29, 1.82) is 0 Å². The summed E-state index contributed by atoms with van der Waals surface area (Å²) >= 11 is 0. The molecule has 1 spiro atoms. The fourth-order valence-electron chi connectivity index (χ4n) is 6.26. The molecule has 0 aliphatic carbocycles. The molecule has 196 valence electrons. The normalized spacial score (nSPS) is 29.9. The minimum absolute atomic E-state index is 0.0548. The van der Waals surface area contributed by atoms with E-state index in [1.54, 1.807) is 15.9 Å². The number of carbonyl (C=O) groups excluding carboxylic acids is 3. The number of nitrogens with zero attached hydrogens (tertiary/aromatic N) is 2. The summed E-state index contributed by atoms with van der Waals surface area (Å²) in [6.07, 6.45) is 7.24. The highest BCUT2D eigenvalue weighted by molar-refractivity contribution is 5.98. The maximum atomic E-state index is 14.2. The standard InChI is InChI=1S/C27H42N2O6/c1-6-9-10-14-28(13-7-2)25(32)23-27-12-11-20(35-27)21(26(33)34-15-8-3)22(27)24(31)29(23)19(17-30)16-18(4)5/h7-8,18-23,30H,2-3,6,9-17H2,1,4-5H3/t19-,20+,21-,22+,23?,27?/m1/s1. The Morgan fingerprint density at radius 3 is 2.66 bits per heavy atom. The van der Waals surface area contributed by atoms with Gasteiger partial charge in [-0.05, 0) is 31.6 Å². The number of rotatable bonds is 14. The second-order valence-electron chi connectivity index (χ2n) is 10.5. The fraction of sp³-hybridized carbons (Fsp3) is 0.741. The summed E-state index contributed by atoms with van der Waals surface area (Å²) in [5, 5.41) is 10.3. The van der Waals surface area contributed by atoms with Gasteiger partial charge in [0.1, 0.15) is 18.2 Å². The summed E-state index contributed by atoms with van der Waals surface area (Å²) in [6.45, 7) is 14.3. The van der Waals surface area contributed by atoms with E-state index in [2.05, 4.69) is 20.1 Å². The van der Waals surface area contributed by atoms with E-state index in [1.165, 1.54) is 6.08 Å². The molecule has 3 rings (SSSR count). The van der Waals surface area contributed by atoms with Crippen LogP contribution in [-0.2, 0) is 23.9 Å². The monoisotopic (exact) mass is 490 g/mol. The number of likely N-dealkylation sites (tertiary alicyclic amines) is 1. The van der Waals surface area contributed by atoms with Crippen LogP contribution in [-0.4, -0.2) is 82.8 Å². The largest absolute Gasteiger partial charge is 0.461 e. The van der Waals surface area contributed by atoms with Crippen LogP contribution in [0.2, 0.25) is 0 Å². The van der Waals surface area contributed by atoms with Crippen molar-refractivity contribution in [2.24, 2.45) is 17.8 Å². The molecule has 0 aromatic carbocycles. The van der Waals surface area contributed by atoms with Crippen molar-refractivity contribution in [1.82, 2.24) is 9.80 Å². The molecule has 3 saturated heterocycles. The smallest absolute Gasteiger partial charge is 0.312 e. The van der Waals surface area contributed by atoms with Gasteiger partial charge in [0.05, 0.1) is 30.6 Å². The Morgan fingerprint density at radius 2 is 2.06 bits per heavy atom. The summed E-state index contributed by atoms with van der Waals surface area (Å²) in [6, 6.07) is -1.43. The number of fused-ring (bicyclic) bond motifs is 1. The van der Waals surface area contributed by atoms with Gasteiger partial charge < -0.3 is 24.4 Å². The lowest BCUT2D eigenvalue weighted by Gasteiger charge is -2.39. The molecular weight excluding hydrogens is 448 g/mol. The molecule has 3 fully saturated rings. The van der Waals surface area contributed by atoms with Gasteiger partial charge in [-0.2, -0.15) is 0 Å². The molecule has 0 aromatic rings. The lowest BCUT2D eigenvalue weighted by molar-refractivity contribution is -0.156. The summed E-state index contributed by atoms with van der Waals surface area (Å²) < 4.78 is 11.8. The summed E-state index contributed by atoms with van der Waals surface area (Å²) in [5.41, 5.74) is -1.09. The maximum Gasteiger partial charge on any atom is 0.312 e. The van der Waals surface area contributed by atoms with Gasteiger partial charge in [-0.25, -0.2) is 0 Å². The van der Waals surface area contributed by atoms with Crippen LogP contribution < -0.4 is 0 Å². The van der Waals surface area contributed by atoms with E-state index >= 15 is 0 Å². The van der Waals surface area contributed by atoms with Crippen molar-refractivity contribution < 1.29 is 29.0 Å². The first kappa shape index (κ1) is 27.4. The van der Waals surface area contributed by atoms with Gasteiger partial charge in [-0.1, -0.05) is 52.3 Å². The Labute approximate surface area is 209 Å². The molecule has 3 aliphatic heterocycles. The number of hydrogen-bond donors (Lipinski definition) is 1. The van der Waals surface area contributed by atoms with E-state index in [1.807, 2.05) is 13.8 Å². The quantitative estimate of drug-likeness (QED) is 0.229. The van der Waals surface area contributed by atoms with E-state index < -0.39 is 41.6 Å². The summed E-state index contributed by atoms with van der Waals surface area (Å²) in [5.74, 6) is -2.33. The van der Waals surface area contributed by atoms with Gasteiger partial charge in [0, 0.05) is 13.1 Å². The minimum atomic E-state index is -1.09. The van der Waals surface area contributed by atoms with Gasteiger partial charge in [-0.15, -0.1) is 6.58 Å². The molecule has 3 aliphatic rings. The SMILES string of the molecule is C=CCOC(=O)[C@@H]1[C@@H]2CCC3(O2)C(C(=O)N(CC=C)CCCCC)N([C@@H](CO)CC(C)C)C(=O)[C@H]13. The van der Waals surface area contributed by atoms with E-state index in [-0.39, 0.29) is 30.9 Å². The maximum absolute atomic E-state index is 14.2. The topological polar surface area (TPSA) is 96.4 Å².